The molecule has 0 fully saturated rings. The number of fused-ring (bicyclic) bond motifs is 1. The molecule has 4 aromatic rings. The number of carbonyl (C=O) groups excluding carboxylic acids is 1. The highest BCUT2D eigenvalue weighted by atomic mass is 32.2. The van der Waals surface area contributed by atoms with Crippen molar-refractivity contribution in [3.63, 3.8) is 0 Å². The number of alkyl halides is 3. The number of hydrogen-bond acceptors (Lipinski definition) is 4. The third-order valence-electron chi connectivity index (χ3n) is 5.41. The monoisotopic (exact) mass is 512 g/mol. The number of carbonyl (C=O) groups is 1. The molecule has 4 aromatic carbocycles. The fourth-order valence-electron chi connectivity index (χ4n) is 3.74. The average molecular weight is 513 g/mol. The molecule has 0 aromatic heterocycles. The number of rotatable bonds is 6. The molecule has 0 aliphatic heterocycles. The summed E-state index contributed by atoms with van der Waals surface area (Å²) in [5, 5.41) is 5.91. The summed E-state index contributed by atoms with van der Waals surface area (Å²) in [6, 6.07) is 21.2. The predicted molar refractivity (Wildman–Crippen MR) is 130 cm³/mol. The number of hydrazone groups is 1. The molecule has 0 radical (unpaired) electrons. The highest BCUT2D eigenvalue weighted by Crippen LogP contribution is 2.36. The van der Waals surface area contributed by atoms with Crippen LogP contribution in [-0.2, 0) is 27.5 Å². The molecule has 0 saturated carbocycles. The first kappa shape index (κ1) is 25.1. The number of hydrogen-bond donors (Lipinski definition) is 2. The number of amides is 1. The summed E-state index contributed by atoms with van der Waals surface area (Å²) in [4.78, 5) is 11.7. The zero-order valence-corrected chi connectivity index (χ0v) is 19.3. The second-order valence-corrected chi connectivity index (χ2v) is 9.31. The van der Waals surface area contributed by atoms with Gasteiger partial charge in [0.1, 0.15) is 4.90 Å². The highest BCUT2D eigenvalue weighted by molar-refractivity contribution is 7.86. The van der Waals surface area contributed by atoms with Crippen LogP contribution in [0.5, 0.6) is 0 Å². The van der Waals surface area contributed by atoms with Crippen molar-refractivity contribution >= 4 is 33.0 Å². The lowest BCUT2D eigenvalue weighted by atomic mass is 9.98. The predicted octanol–water partition coefficient (Wildman–Crippen LogP) is 5.47. The van der Waals surface area contributed by atoms with Gasteiger partial charge in [-0.3, -0.25) is 9.35 Å². The Morgan fingerprint density at radius 2 is 1.58 bits per heavy atom. The van der Waals surface area contributed by atoms with E-state index in [2.05, 4.69) is 10.5 Å². The Morgan fingerprint density at radius 3 is 2.31 bits per heavy atom. The van der Waals surface area contributed by atoms with Crippen LogP contribution in [0.1, 0.15) is 16.7 Å². The van der Waals surface area contributed by atoms with E-state index >= 15 is 0 Å². The second kappa shape index (κ2) is 9.92. The maximum atomic E-state index is 13.3. The van der Waals surface area contributed by atoms with E-state index in [-0.39, 0.29) is 23.1 Å². The summed E-state index contributed by atoms with van der Waals surface area (Å²) in [7, 11) is -4.83. The zero-order chi connectivity index (χ0) is 25.9. The maximum Gasteiger partial charge on any atom is 0.416 e. The van der Waals surface area contributed by atoms with Crippen molar-refractivity contribution in [1.29, 1.82) is 0 Å². The molecule has 0 heterocycles. The summed E-state index contributed by atoms with van der Waals surface area (Å²) in [5.41, 5.74) is 2.01. The molecule has 0 aliphatic carbocycles. The minimum atomic E-state index is -4.83. The molecule has 0 bridgehead atoms. The van der Waals surface area contributed by atoms with Crippen LogP contribution in [0.2, 0.25) is 0 Å². The van der Waals surface area contributed by atoms with Gasteiger partial charge in [-0.2, -0.15) is 26.7 Å². The third-order valence-corrected chi connectivity index (χ3v) is 6.32. The molecule has 0 atom stereocenters. The van der Waals surface area contributed by atoms with Crippen LogP contribution >= 0.6 is 0 Å². The van der Waals surface area contributed by atoms with Crippen LogP contribution in [-0.4, -0.2) is 25.1 Å². The molecular weight excluding hydrogens is 493 g/mol. The molecule has 0 unspecified atom stereocenters. The lowest BCUT2D eigenvalue weighted by molar-refractivity contribution is -0.137. The lowest BCUT2D eigenvalue weighted by Gasteiger charge is -2.14. The Hall–Kier alpha value is -4.02. The maximum absolute atomic E-state index is 13.3. The molecular formula is C26H19F3N2O4S. The van der Waals surface area contributed by atoms with Crippen LogP contribution in [0, 0.1) is 0 Å². The van der Waals surface area contributed by atoms with Crippen molar-refractivity contribution in [3.8, 4) is 11.1 Å². The molecule has 36 heavy (non-hydrogen) atoms. The summed E-state index contributed by atoms with van der Waals surface area (Å²) in [6.07, 6.45) is -3.49. The van der Waals surface area contributed by atoms with E-state index in [1.165, 1.54) is 24.4 Å². The van der Waals surface area contributed by atoms with Crippen molar-refractivity contribution in [2.45, 2.75) is 17.5 Å². The van der Waals surface area contributed by atoms with Crippen LogP contribution in [0.15, 0.2) is 94.9 Å². The number of halogens is 3. The zero-order valence-electron chi connectivity index (χ0n) is 18.5. The van der Waals surface area contributed by atoms with Gasteiger partial charge >= 0.3 is 6.18 Å². The molecule has 0 saturated heterocycles. The quantitative estimate of drug-likeness (QED) is 0.204. The molecule has 0 spiro atoms. The Bertz CT molecular complexity index is 1580. The van der Waals surface area contributed by atoms with E-state index in [0.29, 0.717) is 18.2 Å². The van der Waals surface area contributed by atoms with E-state index in [9.17, 15) is 30.9 Å². The van der Waals surface area contributed by atoms with Gasteiger partial charge in [0.2, 0.25) is 5.91 Å². The van der Waals surface area contributed by atoms with Crippen LogP contribution in [0.3, 0.4) is 0 Å². The van der Waals surface area contributed by atoms with E-state index in [1.807, 2.05) is 42.5 Å². The summed E-state index contributed by atoms with van der Waals surface area (Å²) in [5.74, 6) is -0.420. The molecule has 0 aliphatic rings. The minimum absolute atomic E-state index is 0.0460. The average Bonchev–Trinajstić information content (AvgIpc) is 2.83. The first-order valence-electron chi connectivity index (χ1n) is 10.6. The van der Waals surface area contributed by atoms with Gasteiger partial charge in [-0.25, -0.2) is 5.43 Å². The first-order valence-corrected chi connectivity index (χ1v) is 12.0. The third kappa shape index (κ3) is 5.78. The largest absolute Gasteiger partial charge is 0.416 e. The standard InChI is InChI=1S/C26H19F3N2O4S/c27-26(28,29)21-11-12-24(36(33,34)35)23(15-21)22-8-4-3-7-20(22)16-30-31-25(32)14-17-9-10-18-5-1-2-6-19(18)13-17/h1-13,15-16H,14H2,(H,31,32)(H,33,34,35)/b30-16+. The highest BCUT2D eigenvalue weighted by Gasteiger charge is 2.32. The van der Waals surface area contributed by atoms with E-state index in [4.69, 9.17) is 0 Å². The van der Waals surface area contributed by atoms with Crippen LogP contribution in [0.25, 0.3) is 21.9 Å². The molecule has 1 amide bonds. The molecule has 10 heteroatoms. The Morgan fingerprint density at radius 1 is 0.889 bits per heavy atom. The fraction of sp³-hybridized carbons (Fsp3) is 0.0769. The summed E-state index contributed by atoms with van der Waals surface area (Å²) in [6.45, 7) is 0. The van der Waals surface area contributed by atoms with E-state index < -0.39 is 32.7 Å². The van der Waals surface area contributed by atoms with E-state index in [0.717, 1.165) is 16.3 Å². The number of nitrogens with zero attached hydrogens (tertiary/aromatic N) is 1. The fourth-order valence-corrected chi connectivity index (χ4v) is 4.43. The number of benzene rings is 4. The van der Waals surface area contributed by atoms with Gasteiger partial charge < -0.3 is 0 Å². The van der Waals surface area contributed by atoms with Gasteiger partial charge in [0.05, 0.1) is 18.2 Å². The van der Waals surface area contributed by atoms with Crippen LogP contribution < -0.4 is 5.43 Å². The molecule has 184 valence electrons. The molecule has 4 rings (SSSR count). The van der Waals surface area contributed by atoms with Crippen molar-refractivity contribution in [3.05, 3.63) is 102 Å². The summed E-state index contributed by atoms with van der Waals surface area (Å²) >= 11 is 0. The first-order chi connectivity index (χ1) is 17.0. The lowest BCUT2D eigenvalue weighted by Crippen LogP contribution is -2.19. The number of nitrogens with one attached hydrogen (secondary N) is 1. The Kier molecular flexibility index (Phi) is 6.91. The van der Waals surface area contributed by atoms with Gasteiger partial charge in [0, 0.05) is 11.1 Å². The second-order valence-electron chi connectivity index (χ2n) is 7.92. The summed E-state index contributed by atoms with van der Waals surface area (Å²) < 4.78 is 73.1. The van der Waals surface area contributed by atoms with E-state index in [1.54, 1.807) is 6.07 Å². The smallest absolute Gasteiger partial charge is 0.282 e. The van der Waals surface area contributed by atoms with Crippen molar-refractivity contribution in [1.82, 2.24) is 5.43 Å². The van der Waals surface area contributed by atoms with Crippen LogP contribution in [0.4, 0.5) is 13.2 Å². The SMILES string of the molecule is O=C(Cc1ccc2ccccc2c1)N/N=C/c1ccccc1-c1cc(C(F)(F)F)ccc1S(=O)(=O)O. The van der Waals surface area contributed by atoms with Gasteiger partial charge in [-0.15, -0.1) is 0 Å². The Balaban J connectivity index is 1.59. The Labute approximate surface area is 204 Å². The van der Waals surface area contributed by atoms with Gasteiger partial charge in [-0.05, 0) is 40.1 Å². The van der Waals surface area contributed by atoms with Crippen molar-refractivity contribution in [2.24, 2.45) is 5.10 Å². The molecule has 2 N–H and O–H groups in total. The van der Waals surface area contributed by atoms with Gasteiger partial charge in [0.15, 0.2) is 0 Å². The van der Waals surface area contributed by atoms with Crippen molar-refractivity contribution < 1.29 is 30.9 Å². The molecule has 6 nitrogen and oxygen atoms in total. The topological polar surface area (TPSA) is 95.8 Å². The van der Waals surface area contributed by atoms with Crippen molar-refractivity contribution in [2.75, 3.05) is 0 Å². The van der Waals surface area contributed by atoms with Gasteiger partial charge in [-0.1, -0.05) is 66.7 Å². The van der Waals surface area contributed by atoms with Gasteiger partial charge in [0.25, 0.3) is 10.1 Å². The normalized spacial score (nSPS) is 12.2. The minimum Gasteiger partial charge on any atom is -0.282 e.